The molecular weight excluding hydrogens is 352 g/mol. The minimum absolute atomic E-state index is 0.0672. The summed E-state index contributed by atoms with van der Waals surface area (Å²) in [4.78, 5) is 15.1. The molecule has 4 aromatic rings. The smallest absolute Gasteiger partial charge is 0.290 e. The second-order valence-electron chi connectivity index (χ2n) is 7.11. The number of carbonyl (C=O) groups is 1. The van der Waals surface area contributed by atoms with Crippen LogP contribution in [0.2, 0.25) is 0 Å². The first-order valence-corrected chi connectivity index (χ1v) is 9.53. The van der Waals surface area contributed by atoms with Crippen molar-refractivity contribution in [3.05, 3.63) is 78.6 Å². The predicted octanol–water partition coefficient (Wildman–Crippen LogP) is 4.01. The zero-order valence-corrected chi connectivity index (χ0v) is 15.4. The first-order chi connectivity index (χ1) is 13.8. The van der Waals surface area contributed by atoms with E-state index in [2.05, 4.69) is 10.2 Å². The summed E-state index contributed by atoms with van der Waals surface area (Å²) in [6.45, 7) is 1.34. The molecule has 0 aliphatic carbocycles. The van der Waals surface area contributed by atoms with Crippen LogP contribution in [0, 0.1) is 0 Å². The molecular formula is C22H20N4O2. The van der Waals surface area contributed by atoms with E-state index in [-0.39, 0.29) is 11.8 Å². The number of piperidine rings is 1. The maximum atomic E-state index is 13.2. The van der Waals surface area contributed by atoms with E-state index in [1.54, 1.807) is 6.26 Å². The maximum absolute atomic E-state index is 13.2. The minimum Gasteiger partial charge on any atom is -0.459 e. The summed E-state index contributed by atoms with van der Waals surface area (Å²) in [5.74, 6) is 1.40. The molecule has 0 N–H and O–H groups in total. The molecule has 0 unspecified atom stereocenters. The van der Waals surface area contributed by atoms with Crippen LogP contribution in [0.15, 0.2) is 71.5 Å². The zero-order chi connectivity index (χ0) is 18.9. The van der Waals surface area contributed by atoms with E-state index in [1.165, 1.54) is 0 Å². The molecule has 5 rings (SSSR count). The molecule has 28 heavy (non-hydrogen) atoms. The van der Waals surface area contributed by atoms with E-state index in [4.69, 9.17) is 4.42 Å². The molecule has 6 heteroatoms. The molecule has 1 fully saturated rings. The summed E-state index contributed by atoms with van der Waals surface area (Å²) in [7, 11) is 0. The molecule has 0 bridgehead atoms. The monoisotopic (exact) mass is 372 g/mol. The lowest BCUT2D eigenvalue weighted by Gasteiger charge is -2.31. The van der Waals surface area contributed by atoms with Crippen LogP contribution in [0.3, 0.4) is 0 Å². The van der Waals surface area contributed by atoms with Crippen molar-refractivity contribution >= 4 is 11.6 Å². The maximum Gasteiger partial charge on any atom is 0.290 e. The van der Waals surface area contributed by atoms with Crippen molar-refractivity contribution in [2.24, 2.45) is 0 Å². The fourth-order valence-corrected chi connectivity index (χ4v) is 3.97. The minimum atomic E-state index is -0.0672. The molecule has 0 radical (unpaired) electrons. The number of rotatable bonds is 3. The Kier molecular flexibility index (Phi) is 4.16. The lowest BCUT2D eigenvalue weighted by Crippen LogP contribution is -2.39. The highest BCUT2D eigenvalue weighted by Crippen LogP contribution is 2.30. The average molecular weight is 372 g/mol. The molecule has 1 amide bonds. The van der Waals surface area contributed by atoms with Gasteiger partial charge in [0.15, 0.2) is 11.4 Å². The van der Waals surface area contributed by atoms with Crippen molar-refractivity contribution < 1.29 is 9.21 Å². The third kappa shape index (κ3) is 2.87. The van der Waals surface area contributed by atoms with Crippen LogP contribution in [-0.4, -0.2) is 38.5 Å². The van der Waals surface area contributed by atoms with Crippen LogP contribution in [-0.2, 0) is 0 Å². The van der Waals surface area contributed by atoms with E-state index in [0.29, 0.717) is 12.3 Å². The summed E-state index contributed by atoms with van der Waals surface area (Å²) < 4.78 is 7.62. The number of hydrogen-bond acceptors (Lipinski definition) is 4. The quantitative estimate of drug-likeness (QED) is 0.545. The molecule has 140 valence electrons. The van der Waals surface area contributed by atoms with E-state index in [1.807, 2.05) is 70.1 Å². The molecule has 1 aliphatic heterocycles. The number of carbonyl (C=O) groups excluding carboxylic acids is 1. The highest BCUT2D eigenvalue weighted by Gasteiger charge is 2.30. The first-order valence-electron chi connectivity index (χ1n) is 9.53. The average Bonchev–Trinajstić information content (AvgIpc) is 3.41. The predicted molar refractivity (Wildman–Crippen MR) is 105 cm³/mol. The van der Waals surface area contributed by atoms with Crippen molar-refractivity contribution in [3.63, 3.8) is 0 Å². The number of hydrogen-bond donors (Lipinski definition) is 0. The van der Waals surface area contributed by atoms with Gasteiger partial charge in [-0.3, -0.25) is 9.20 Å². The van der Waals surface area contributed by atoms with Gasteiger partial charge in [0.1, 0.15) is 5.82 Å². The summed E-state index contributed by atoms with van der Waals surface area (Å²) >= 11 is 0. The highest BCUT2D eigenvalue weighted by atomic mass is 16.3. The van der Waals surface area contributed by atoms with Crippen LogP contribution in [0.5, 0.6) is 0 Å². The van der Waals surface area contributed by atoms with Gasteiger partial charge in [0, 0.05) is 30.8 Å². The Morgan fingerprint density at radius 3 is 2.79 bits per heavy atom. The molecule has 6 nitrogen and oxygen atoms in total. The third-order valence-electron chi connectivity index (χ3n) is 5.36. The number of pyridine rings is 1. The van der Waals surface area contributed by atoms with Gasteiger partial charge < -0.3 is 9.32 Å². The molecule has 0 spiro atoms. The van der Waals surface area contributed by atoms with Crippen molar-refractivity contribution in [2.45, 2.75) is 18.8 Å². The highest BCUT2D eigenvalue weighted by molar-refractivity contribution is 5.98. The van der Waals surface area contributed by atoms with Gasteiger partial charge in [-0.2, -0.15) is 0 Å². The van der Waals surface area contributed by atoms with Gasteiger partial charge in [-0.15, -0.1) is 10.2 Å². The van der Waals surface area contributed by atoms with Gasteiger partial charge in [-0.05, 0) is 36.6 Å². The topological polar surface area (TPSA) is 63.6 Å². The number of benzene rings is 1. The van der Waals surface area contributed by atoms with Crippen LogP contribution in [0.1, 0.15) is 35.1 Å². The summed E-state index contributed by atoms with van der Waals surface area (Å²) in [5, 5.41) is 8.65. The first kappa shape index (κ1) is 16.7. The number of amides is 1. The third-order valence-corrected chi connectivity index (χ3v) is 5.36. The van der Waals surface area contributed by atoms with Crippen LogP contribution in [0.4, 0.5) is 0 Å². The molecule has 0 saturated carbocycles. The number of nitrogens with zero attached hydrogens (tertiary/aromatic N) is 4. The number of aromatic nitrogens is 3. The van der Waals surface area contributed by atoms with Crippen molar-refractivity contribution in [1.82, 2.24) is 19.5 Å². The van der Waals surface area contributed by atoms with Crippen LogP contribution < -0.4 is 0 Å². The van der Waals surface area contributed by atoms with Gasteiger partial charge in [0.25, 0.3) is 5.91 Å². The van der Waals surface area contributed by atoms with Crippen LogP contribution >= 0.6 is 0 Å². The molecule has 1 saturated heterocycles. The van der Waals surface area contributed by atoms with E-state index >= 15 is 0 Å². The Bertz CT molecular complexity index is 1120. The van der Waals surface area contributed by atoms with Gasteiger partial charge in [0.05, 0.1) is 6.26 Å². The molecule has 1 aliphatic rings. The van der Waals surface area contributed by atoms with Gasteiger partial charge >= 0.3 is 0 Å². The molecule has 1 aromatic carbocycles. The fourth-order valence-electron chi connectivity index (χ4n) is 3.97. The Balaban J connectivity index is 1.42. The molecule has 4 heterocycles. The van der Waals surface area contributed by atoms with Gasteiger partial charge in [0.2, 0.25) is 0 Å². The van der Waals surface area contributed by atoms with E-state index < -0.39 is 0 Å². The second kappa shape index (κ2) is 6.96. The summed E-state index contributed by atoms with van der Waals surface area (Å²) in [5.41, 5.74) is 2.65. The number of furan rings is 1. The number of likely N-dealkylation sites (tertiary alicyclic amines) is 1. The van der Waals surface area contributed by atoms with Crippen molar-refractivity contribution in [3.8, 4) is 11.1 Å². The van der Waals surface area contributed by atoms with Gasteiger partial charge in [-0.25, -0.2) is 0 Å². The molecule has 3 aromatic heterocycles. The summed E-state index contributed by atoms with van der Waals surface area (Å²) in [6, 6.07) is 17.6. The van der Waals surface area contributed by atoms with Gasteiger partial charge in [-0.1, -0.05) is 36.4 Å². The van der Waals surface area contributed by atoms with E-state index in [0.717, 1.165) is 42.0 Å². The lowest BCUT2D eigenvalue weighted by molar-refractivity contribution is 0.0673. The van der Waals surface area contributed by atoms with Crippen LogP contribution in [0.25, 0.3) is 16.8 Å². The Morgan fingerprint density at radius 2 is 1.89 bits per heavy atom. The summed E-state index contributed by atoms with van der Waals surface area (Å²) in [6.07, 6.45) is 5.48. The Hall–Kier alpha value is -3.41. The zero-order valence-electron chi connectivity index (χ0n) is 15.4. The van der Waals surface area contributed by atoms with Crippen molar-refractivity contribution in [1.29, 1.82) is 0 Å². The largest absolute Gasteiger partial charge is 0.459 e. The Morgan fingerprint density at radius 1 is 1.04 bits per heavy atom. The normalized spacial score (nSPS) is 17.1. The standard InChI is InChI=1S/C22H20N4O2/c27-22(20-18(11-14-28-20)16-7-2-1-3-8-16)25-12-6-9-17(15-25)21-24-23-19-10-4-5-13-26(19)21/h1-5,7-8,10-11,13-14,17H,6,9,12,15H2/t17-/m1/s1. The molecule has 1 atom stereocenters. The lowest BCUT2D eigenvalue weighted by atomic mass is 9.96. The SMILES string of the molecule is O=C(c1occc1-c1ccccc1)N1CCC[C@@H](c2nnc3ccccn23)C1. The van der Waals surface area contributed by atoms with E-state index in [9.17, 15) is 4.79 Å². The van der Waals surface area contributed by atoms with Crippen molar-refractivity contribution in [2.75, 3.05) is 13.1 Å². The Labute approximate surface area is 162 Å². The fraction of sp³-hybridized carbons (Fsp3) is 0.227. The number of fused-ring (bicyclic) bond motifs is 1. The second-order valence-corrected chi connectivity index (χ2v) is 7.11.